The van der Waals surface area contributed by atoms with Crippen molar-refractivity contribution in [3.05, 3.63) is 59.4 Å². The number of fused-ring (bicyclic) bond motifs is 2. The molecule has 2 amide bonds. The van der Waals surface area contributed by atoms with Crippen LogP contribution in [0.3, 0.4) is 0 Å². The number of para-hydroxylation sites is 1. The van der Waals surface area contributed by atoms with Crippen molar-refractivity contribution in [2.75, 3.05) is 40.0 Å². The molecule has 3 aliphatic heterocycles. The Morgan fingerprint density at radius 3 is 2.76 bits per heavy atom. The summed E-state index contributed by atoms with van der Waals surface area (Å²) in [6.45, 7) is 2.08. The molecule has 226 valence electrons. The molecule has 9 nitrogen and oxygen atoms in total. The van der Waals surface area contributed by atoms with Gasteiger partial charge in [0, 0.05) is 70.3 Å². The lowest BCUT2D eigenvalue weighted by atomic mass is 9.78. The van der Waals surface area contributed by atoms with Crippen molar-refractivity contribution < 1.29 is 37.0 Å². The Morgan fingerprint density at radius 2 is 2.00 bits per heavy atom. The number of pyridine rings is 1. The van der Waals surface area contributed by atoms with Crippen LogP contribution >= 0.6 is 0 Å². The van der Waals surface area contributed by atoms with E-state index in [-0.39, 0.29) is 43.1 Å². The first kappa shape index (κ1) is 28.9. The van der Waals surface area contributed by atoms with E-state index in [1.54, 1.807) is 41.2 Å². The Bertz CT molecular complexity index is 1310. The van der Waals surface area contributed by atoms with Gasteiger partial charge in [0.15, 0.2) is 0 Å². The molecule has 4 aliphatic rings. The Labute approximate surface area is 242 Å². The van der Waals surface area contributed by atoms with Crippen molar-refractivity contribution in [2.24, 2.45) is 11.3 Å². The van der Waals surface area contributed by atoms with E-state index < -0.39 is 23.2 Å². The molecule has 0 unspecified atom stereocenters. The van der Waals surface area contributed by atoms with Crippen LogP contribution in [0.5, 0.6) is 5.75 Å². The molecule has 6 rings (SSSR count). The Kier molecular flexibility index (Phi) is 7.88. The number of amides is 2. The first-order chi connectivity index (χ1) is 20.2. The van der Waals surface area contributed by atoms with Crippen LogP contribution in [0, 0.1) is 11.3 Å². The van der Waals surface area contributed by atoms with Gasteiger partial charge in [0.2, 0.25) is 5.91 Å². The summed E-state index contributed by atoms with van der Waals surface area (Å²) in [4.78, 5) is 34.9. The van der Waals surface area contributed by atoms with E-state index in [1.165, 1.54) is 0 Å². The average Bonchev–Trinajstić information content (AvgIpc) is 3.51. The lowest BCUT2D eigenvalue weighted by molar-refractivity contribution is -0.143. The molecule has 0 bridgehead atoms. The molecule has 3 fully saturated rings. The largest absolute Gasteiger partial charge is 0.417 e. The number of benzene rings is 1. The van der Waals surface area contributed by atoms with Gasteiger partial charge in [-0.25, -0.2) is 4.79 Å². The summed E-state index contributed by atoms with van der Waals surface area (Å²) < 4.78 is 57.0. The van der Waals surface area contributed by atoms with Crippen LogP contribution in [-0.4, -0.2) is 84.9 Å². The van der Waals surface area contributed by atoms with E-state index in [4.69, 9.17) is 14.2 Å². The van der Waals surface area contributed by atoms with Gasteiger partial charge in [-0.15, -0.1) is 0 Å². The molecule has 0 spiro atoms. The molecular weight excluding hydrogens is 553 g/mol. The minimum absolute atomic E-state index is 0.0163. The van der Waals surface area contributed by atoms with Crippen LogP contribution < -0.4 is 10.1 Å². The van der Waals surface area contributed by atoms with Gasteiger partial charge < -0.3 is 29.3 Å². The number of alkyl halides is 3. The lowest BCUT2D eigenvalue weighted by Crippen LogP contribution is -2.52. The SMILES string of the molecule is CO[C@@H]1COCC[C@@H]1N[C@@H]1C[C@H]2CN(C(=O)Oc3ccccc3)C[C@@]2(C(=O)N2CCc3ncc(C(F)(F)F)cc3C2)C1. The number of methoxy groups -OCH3 is 1. The van der Waals surface area contributed by atoms with Gasteiger partial charge in [0.1, 0.15) is 5.75 Å². The van der Waals surface area contributed by atoms with E-state index in [0.717, 1.165) is 18.7 Å². The molecule has 4 heterocycles. The van der Waals surface area contributed by atoms with Crippen molar-refractivity contribution in [2.45, 2.75) is 56.6 Å². The third-order valence-corrected chi connectivity index (χ3v) is 9.22. The highest BCUT2D eigenvalue weighted by molar-refractivity contribution is 5.86. The summed E-state index contributed by atoms with van der Waals surface area (Å²) in [6, 6.07) is 9.97. The zero-order chi connectivity index (χ0) is 29.5. The number of carbonyl (C=O) groups is 2. The Hall–Kier alpha value is -3.22. The number of halogens is 3. The van der Waals surface area contributed by atoms with E-state index in [1.807, 2.05) is 6.07 Å². The minimum atomic E-state index is -4.52. The molecule has 1 saturated carbocycles. The number of nitrogens with zero attached hydrogens (tertiary/aromatic N) is 3. The van der Waals surface area contributed by atoms with Crippen LogP contribution in [0.25, 0.3) is 0 Å². The number of likely N-dealkylation sites (tertiary alicyclic amines) is 1. The fourth-order valence-electron chi connectivity index (χ4n) is 7.13. The topological polar surface area (TPSA) is 93.2 Å². The van der Waals surface area contributed by atoms with Gasteiger partial charge in [-0.1, -0.05) is 18.2 Å². The summed E-state index contributed by atoms with van der Waals surface area (Å²) in [5.74, 6) is 0.156. The number of nitrogens with one attached hydrogen (secondary N) is 1. The number of carbonyl (C=O) groups excluding carboxylic acids is 2. The molecule has 1 aromatic heterocycles. The number of aromatic nitrogens is 1. The average molecular weight is 589 g/mol. The second kappa shape index (κ2) is 11.5. The first-order valence-electron chi connectivity index (χ1n) is 14.4. The molecule has 2 aromatic rings. The van der Waals surface area contributed by atoms with E-state index >= 15 is 0 Å². The third kappa shape index (κ3) is 5.59. The fourth-order valence-corrected chi connectivity index (χ4v) is 7.13. The van der Waals surface area contributed by atoms with Gasteiger partial charge in [-0.05, 0) is 48.9 Å². The van der Waals surface area contributed by atoms with Crippen LogP contribution in [0.4, 0.5) is 18.0 Å². The highest BCUT2D eigenvalue weighted by Gasteiger charge is 2.60. The smallest absolute Gasteiger partial charge is 0.410 e. The molecule has 1 aromatic carbocycles. The summed E-state index contributed by atoms with van der Waals surface area (Å²) in [7, 11) is 1.66. The van der Waals surface area contributed by atoms with Crippen molar-refractivity contribution in [1.82, 2.24) is 20.1 Å². The third-order valence-electron chi connectivity index (χ3n) is 9.22. The van der Waals surface area contributed by atoms with Gasteiger partial charge in [0.05, 0.1) is 23.7 Å². The van der Waals surface area contributed by atoms with Crippen LogP contribution in [0.1, 0.15) is 36.1 Å². The molecule has 0 radical (unpaired) electrons. The molecule has 12 heteroatoms. The van der Waals surface area contributed by atoms with E-state index in [9.17, 15) is 22.8 Å². The number of hydrogen-bond acceptors (Lipinski definition) is 7. The van der Waals surface area contributed by atoms with Crippen molar-refractivity contribution in [1.29, 1.82) is 0 Å². The molecule has 5 atom stereocenters. The monoisotopic (exact) mass is 588 g/mol. The van der Waals surface area contributed by atoms with E-state index in [2.05, 4.69) is 10.3 Å². The van der Waals surface area contributed by atoms with Gasteiger partial charge >= 0.3 is 12.3 Å². The number of ether oxygens (including phenoxy) is 3. The summed E-state index contributed by atoms with van der Waals surface area (Å²) >= 11 is 0. The quantitative estimate of drug-likeness (QED) is 0.570. The van der Waals surface area contributed by atoms with Crippen molar-refractivity contribution in [3.63, 3.8) is 0 Å². The summed E-state index contributed by atoms with van der Waals surface area (Å²) in [5, 5.41) is 3.71. The predicted octanol–water partition coefficient (Wildman–Crippen LogP) is 3.66. The maximum Gasteiger partial charge on any atom is 0.417 e. The summed E-state index contributed by atoms with van der Waals surface area (Å²) in [6.07, 6.45) is -1.93. The van der Waals surface area contributed by atoms with Gasteiger partial charge in [0.25, 0.3) is 0 Å². The minimum Gasteiger partial charge on any atom is -0.410 e. The second-order valence-corrected chi connectivity index (χ2v) is 11.8. The maximum atomic E-state index is 14.4. The van der Waals surface area contributed by atoms with Crippen molar-refractivity contribution in [3.8, 4) is 5.75 Å². The zero-order valence-electron chi connectivity index (χ0n) is 23.4. The fraction of sp³-hybridized carbons (Fsp3) is 0.567. The molecule has 1 aliphatic carbocycles. The van der Waals surface area contributed by atoms with E-state index in [0.29, 0.717) is 62.6 Å². The lowest BCUT2D eigenvalue weighted by Gasteiger charge is -2.37. The predicted molar refractivity (Wildman–Crippen MR) is 145 cm³/mol. The number of rotatable bonds is 5. The maximum absolute atomic E-state index is 14.4. The summed E-state index contributed by atoms with van der Waals surface area (Å²) in [5.41, 5.74) is -0.713. The Morgan fingerprint density at radius 1 is 1.19 bits per heavy atom. The van der Waals surface area contributed by atoms with Crippen LogP contribution in [0.2, 0.25) is 0 Å². The Balaban J connectivity index is 1.23. The van der Waals surface area contributed by atoms with Gasteiger partial charge in [-0.3, -0.25) is 9.78 Å². The van der Waals surface area contributed by atoms with Gasteiger partial charge in [-0.2, -0.15) is 13.2 Å². The second-order valence-electron chi connectivity index (χ2n) is 11.8. The normalized spacial score (nSPS) is 29.2. The number of hydrogen-bond donors (Lipinski definition) is 1. The standard InChI is InChI=1S/C30H35F3N4O5/c1-40-26-17-41-10-8-25(26)35-22-12-21-16-37(28(39)42-23-5-3-2-4-6-23)18-29(21,13-22)27(38)36-9-7-24-19(15-36)11-20(14-34-24)30(31,32)33/h2-6,11,14,21-22,25-26,35H,7-10,12-13,15-18H2,1H3/t21-,22+,25-,26+,29-/m0/s1. The molecule has 42 heavy (non-hydrogen) atoms. The van der Waals surface area contributed by atoms with Crippen molar-refractivity contribution >= 4 is 12.0 Å². The molecular formula is C30H35F3N4O5. The first-order valence-corrected chi connectivity index (χ1v) is 14.4. The highest BCUT2D eigenvalue weighted by Crippen LogP contribution is 2.51. The highest BCUT2D eigenvalue weighted by atomic mass is 19.4. The van der Waals surface area contributed by atoms with Crippen LogP contribution in [-0.2, 0) is 33.4 Å². The molecule has 2 saturated heterocycles. The zero-order valence-corrected chi connectivity index (χ0v) is 23.4. The van der Waals surface area contributed by atoms with Crippen LogP contribution in [0.15, 0.2) is 42.6 Å². The molecule has 1 N–H and O–H groups in total.